The van der Waals surface area contributed by atoms with E-state index in [4.69, 9.17) is 21.1 Å². The summed E-state index contributed by atoms with van der Waals surface area (Å²) in [5, 5.41) is 0. The number of amides is 1. The quantitative estimate of drug-likeness (QED) is 0.468. The number of rotatable bonds is 9. The highest BCUT2D eigenvalue weighted by Crippen LogP contribution is 2.56. The van der Waals surface area contributed by atoms with E-state index in [1.165, 1.54) is 16.3 Å². The Balaban J connectivity index is 4.72. The van der Waals surface area contributed by atoms with Gasteiger partial charge >= 0.3 is 5.97 Å². The number of nitrogens with zero attached hydrogens (tertiary/aromatic N) is 1. The topological polar surface area (TPSA) is 55.8 Å². The van der Waals surface area contributed by atoms with Gasteiger partial charge in [0.25, 0.3) is 0 Å². The standard InChI is InChI=1S/C13H26NO4PS2/c1-7-17-13(16)12(10(3)4)14(5)11(15)9-21-19(6,20)18-8-2/h10,12H,7-9H2,1-6H3. The van der Waals surface area contributed by atoms with Crippen molar-refractivity contribution >= 4 is 40.5 Å². The molecule has 0 fully saturated rings. The Kier molecular flexibility index (Phi) is 9.78. The molecular weight excluding hydrogens is 329 g/mol. The molecule has 124 valence electrons. The molecule has 0 N–H and O–H groups in total. The second-order valence-electron chi connectivity index (χ2n) is 4.91. The lowest BCUT2D eigenvalue weighted by Crippen LogP contribution is -2.47. The van der Waals surface area contributed by atoms with E-state index in [9.17, 15) is 9.59 Å². The van der Waals surface area contributed by atoms with Crippen LogP contribution in [0.1, 0.15) is 27.7 Å². The number of ether oxygens (including phenoxy) is 1. The third-order valence-electron chi connectivity index (χ3n) is 2.76. The van der Waals surface area contributed by atoms with E-state index >= 15 is 0 Å². The third kappa shape index (κ3) is 7.63. The van der Waals surface area contributed by atoms with Gasteiger partial charge in [0, 0.05) is 13.7 Å². The lowest BCUT2D eigenvalue weighted by Gasteiger charge is -2.29. The van der Waals surface area contributed by atoms with Crippen molar-refractivity contribution in [1.82, 2.24) is 4.90 Å². The number of hydrogen-bond donors (Lipinski definition) is 0. The smallest absolute Gasteiger partial charge is 0.329 e. The maximum Gasteiger partial charge on any atom is 0.329 e. The van der Waals surface area contributed by atoms with Crippen LogP contribution in [-0.2, 0) is 30.7 Å². The molecule has 5 nitrogen and oxygen atoms in total. The summed E-state index contributed by atoms with van der Waals surface area (Å²) in [6.45, 7) is 10.1. The molecule has 1 amide bonds. The maximum absolute atomic E-state index is 12.3. The van der Waals surface area contributed by atoms with Gasteiger partial charge in [0.1, 0.15) is 11.5 Å². The van der Waals surface area contributed by atoms with Crippen molar-refractivity contribution < 1.29 is 18.8 Å². The van der Waals surface area contributed by atoms with Crippen LogP contribution < -0.4 is 0 Å². The maximum atomic E-state index is 12.3. The zero-order valence-corrected chi connectivity index (χ0v) is 16.1. The lowest BCUT2D eigenvalue weighted by molar-refractivity contribution is -0.155. The summed E-state index contributed by atoms with van der Waals surface area (Å²) in [6, 6.07) is -0.570. The highest BCUT2D eigenvalue weighted by Gasteiger charge is 2.31. The SMILES string of the molecule is CCOC(=O)C(C(C)C)N(C)C(=O)CSP(C)(=S)OCC. The monoisotopic (exact) mass is 355 g/mol. The summed E-state index contributed by atoms with van der Waals surface area (Å²) in [7, 11) is 1.63. The summed E-state index contributed by atoms with van der Waals surface area (Å²) in [5.74, 6) is -0.302. The predicted molar refractivity (Wildman–Crippen MR) is 92.3 cm³/mol. The van der Waals surface area contributed by atoms with E-state index in [1.54, 1.807) is 14.0 Å². The van der Waals surface area contributed by atoms with E-state index < -0.39 is 11.5 Å². The second kappa shape index (κ2) is 9.82. The molecule has 0 aromatic carbocycles. The molecule has 0 aliphatic carbocycles. The van der Waals surface area contributed by atoms with Crippen molar-refractivity contribution in [2.75, 3.05) is 32.7 Å². The molecule has 0 saturated heterocycles. The molecule has 0 heterocycles. The number of carbonyl (C=O) groups is 2. The molecule has 0 saturated carbocycles. The lowest BCUT2D eigenvalue weighted by atomic mass is 10.0. The Labute approximate surface area is 137 Å². The van der Waals surface area contributed by atoms with Crippen LogP contribution in [0.5, 0.6) is 0 Å². The number of likely N-dealkylation sites (N-methyl/N-ethyl adjacent to an activating group) is 1. The first-order valence-corrected chi connectivity index (χ1v) is 11.7. The minimum Gasteiger partial charge on any atom is -0.464 e. The summed E-state index contributed by atoms with van der Waals surface area (Å²) in [6.07, 6.45) is 0. The Morgan fingerprint density at radius 3 is 2.29 bits per heavy atom. The fourth-order valence-corrected chi connectivity index (χ4v) is 5.26. The summed E-state index contributed by atoms with van der Waals surface area (Å²) < 4.78 is 10.5. The molecule has 0 aromatic rings. The Morgan fingerprint density at radius 1 is 1.29 bits per heavy atom. The van der Waals surface area contributed by atoms with Gasteiger partial charge in [0.05, 0.1) is 12.4 Å². The van der Waals surface area contributed by atoms with E-state index in [-0.39, 0.29) is 23.5 Å². The second-order valence-corrected chi connectivity index (χ2v) is 12.9. The largest absolute Gasteiger partial charge is 0.464 e. The minimum atomic E-state index is -1.99. The highest BCUT2D eigenvalue weighted by atomic mass is 32.9. The molecule has 0 radical (unpaired) electrons. The van der Waals surface area contributed by atoms with Crippen molar-refractivity contribution in [2.24, 2.45) is 5.92 Å². The number of esters is 1. The summed E-state index contributed by atoms with van der Waals surface area (Å²) >= 11 is 6.70. The minimum absolute atomic E-state index is 0.0143. The average Bonchev–Trinajstić information content (AvgIpc) is 2.35. The van der Waals surface area contributed by atoms with Crippen LogP contribution in [0.15, 0.2) is 0 Å². The first kappa shape index (κ1) is 20.9. The fraction of sp³-hybridized carbons (Fsp3) is 0.846. The van der Waals surface area contributed by atoms with Gasteiger partial charge in [-0.15, -0.1) is 0 Å². The van der Waals surface area contributed by atoms with Crippen LogP contribution in [0.2, 0.25) is 0 Å². The predicted octanol–water partition coefficient (Wildman–Crippen LogP) is 2.74. The van der Waals surface area contributed by atoms with E-state index in [2.05, 4.69) is 0 Å². The van der Waals surface area contributed by atoms with Gasteiger partial charge in [-0.1, -0.05) is 37.0 Å². The molecule has 0 spiro atoms. The van der Waals surface area contributed by atoms with Crippen molar-refractivity contribution in [1.29, 1.82) is 0 Å². The molecule has 8 heteroatoms. The Morgan fingerprint density at radius 2 is 1.86 bits per heavy atom. The summed E-state index contributed by atoms with van der Waals surface area (Å²) in [5.41, 5.74) is -1.99. The van der Waals surface area contributed by atoms with Gasteiger partial charge in [-0.05, 0) is 26.4 Å². The van der Waals surface area contributed by atoms with E-state index in [0.717, 1.165) is 0 Å². The van der Waals surface area contributed by atoms with Crippen LogP contribution in [0.4, 0.5) is 0 Å². The molecule has 0 rings (SSSR count). The van der Waals surface area contributed by atoms with Gasteiger partial charge in [-0.25, -0.2) is 4.79 Å². The number of carbonyl (C=O) groups excluding carboxylic acids is 2. The molecule has 2 unspecified atom stereocenters. The zero-order valence-electron chi connectivity index (χ0n) is 13.6. The van der Waals surface area contributed by atoms with Crippen molar-refractivity contribution in [3.8, 4) is 0 Å². The van der Waals surface area contributed by atoms with Gasteiger partial charge in [-0.3, -0.25) is 4.79 Å². The van der Waals surface area contributed by atoms with Gasteiger partial charge < -0.3 is 14.2 Å². The first-order valence-electron chi connectivity index (χ1n) is 6.95. The van der Waals surface area contributed by atoms with Gasteiger partial charge in [-0.2, -0.15) is 0 Å². The molecule has 0 aromatic heterocycles. The fourth-order valence-electron chi connectivity index (χ4n) is 1.81. The van der Waals surface area contributed by atoms with Crippen LogP contribution in [0, 0.1) is 5.92 Å². The molecular formula is C13H26NO4PS2. The van der Waals surface area contributed by atoms with E-state index in [0.29, 0.717) is 13.2 Å². The average molecular weight is 355 g/mol. The third-order valence-corrected chi connectivity index (χ3v) is 7.70. The summed E-state index contributed by atoms with van der Waals surface area (Å²) in [4.78, 5) is 25.7. The van der Waals surface area contributed by atoms with Crippen molar-refractivity contribution in [2.45, 2.75) is 33.7 Å². The van der Waals surface area contributed by atoms with Crippen LogP contribution >= 0.6 is 16.8 Å². The van der Waals surface area contributed by atoms with Crippen LogP contribution in [0.25, 0.3) is 0 Å². The van der Waals surface area contributed by atoms with Crippen molar-refractivity contribution in [3.63, 3.8) is 0 Å². The Hall–Kier alpha value is -0.100. The van der Waals surface area contributed by atoms with Crippen molar-refractivity contribution in [3.05, 3.63) is 0 Å². The molecule has 0 aliphatic heterocycles. The molecule has 21 heavy (non-hydrogen) atoms. The first-order chi connectivity index (χ1) is 9.66. The molecule has 0 bridgehead atoms. The Bertz CT molecular complexity index is 404. The number of hydrogen-bond acceptors (Lipinski definition) is 6. The van der Waals surface area contributed by atoms with Gasteiger partial charge in [0.15, 0.2) is 0 Å². The van der Waals surface area contributed by atoms with Crippen LogP contribution in [-0.4, -0.2) is 55.5 Å². The normalized spacial score (nSPS) is 15.4. The van der Waals surface area contributed by atoms with E-state index in [1.807, 2.05) is 27.4 Å². The molecule has 2 atom stereocenters. The zero-order chi connectivity index (χ0) is 16.6. The highest BCUT2D eigenvalue weighted by molar-refractivity contribution is 8.69. The van der Waals surface area contributed by atoms with Crippen LogP contribution in [0.3, 0.4) is 0 Å². The molecule has 0 aliphatic rings. The van der Waals surface area contributed by atoms with Gasteiger partial charge in [0.2, 0.25) is 5.91 Å².